The van der Waals surface area contributed by atoms with Gasteiger partial charge in [0.2, 0.25) is 0 Å². The van der Waals surface area contributed by atoms with Crippen LogP contribution in [0.4, 0.5) is 0 Å². The Morgan fingerprint density at radius 1 is 0.447 bits per heavy atom. The van der Waals surface area contributed by atoms with Gasteiger partial charge in [0, 0.05) is 0 Å². The molecule has 3 aliphatic rings. The molecular weight excluding hydrogens is 572 g/mol. The maximum absolute atomic E-state index is 10.8. The van der Waals surface area contributed by atoms with Crippen LogP contribution in [0.3, 0.4) is 0 Å². The number of fused-ring (bicyclic) bond motifs is 5. The van der Waals surface area contributed by atoms with E-state index in [9.17, 15) is 10.2 Å². The van der Waals surface area contributed by atoms with Crippen molar-refractivity contribution in [2.75, 3.05) is 0 Å². The zero-order valence-electron chi connectivity index (χ0n) is 27.0. The van der Waals surface area contributed by atoms with Gasteiger partial charge in [0.1, 0.15) is 11.5 Å². The molecule has 0 radical (unpaired) electrons. The van der Waals surface area contributed by atoms with Gasteiger partial charge in [0.05, 0.1) is 5.41 Å². The molecule has 0 atom stereocenters. The summed E-state index contributed by atoms with van der Waals surface area (Å²) in [6, 6.07) is 39.7. The van der Waals surface area contributed by atoms with E-state index in [0.717, 1.165) is 10.8 Å². The van der Waals surface area contributed by atoms with Gasteiger partial charge in [-0.05, 0) is 128 Å². The maximum Gasteiger partial charge on any atom is 0.116 e. The van der Waals surface area contributed by atoms with Crippen molar-refractivity contribution in [3.05, 3.63) is 143 Å². The second kappa shape index (κ2) is 11.3. The first-order valence-electron chi connectivity index (χ1n) is 17.9. The van der Waals surface area contributed by atoms with E-state index in [1.54, 1.807) is 0 Å². The van der Waals surface area contributed by atoms with Crippen LogP contribution < -0.4 is 0 Å². The lowest BCUT2D eigenvalue weighted by Gasteiger charge is -2.41. The van der Waals surface area contributed by atoms with Crippen molar-refractivity contribution in [1.29, 1.82) is 0 Å². The first-order chi connectivity index (χ1) is 23.1. The molecule has 3 aliphatic carbocycles. The third-order valence-corrected chi connectivity index (χ3v) is 11.9. The fourth-order valence-electron chi connectivity index (χ4n) is 9.91. The molecule has 0 spiro atoms. The zero-order valence-corrected chi connectivity index (χ0v) is 27.0. The lowest BCUT2D eigenvalue weighted by Crippen LogP contribution is -2.33. The van der Waals surface area contributed by atoms with Gasteiger partial charge >= 0.3 is 0 Å². The Morgan fingerprint density at radius 3 is 1.32 bits per heavy atom. The van der Waals surface area contributed by atoms with Crippen molar-refractivity contribution < 1.29 is 10.2 Å². The van der Waals surface area contributed by atoms with E-state index in [4.69, 9.17) is 0 Å². The predicted molar refractivity (Wildman–Crippen MR) is 194 cm³/mol. The summed E-state index contributed by atoms with van der Waals surface area (Å²) >= 11 is 0. The molecule has 0 aromatic heterocycles. The van der Waals surface area contributed by atoms with Crippen LogP contribution in [0.5, 0.6) is 11.5 Å². The topological polar surface area (TPSA) is 40.5 Å². The number of hydrogen-bond donors (Lipinski definition) is 2. The normalized spacial score (nSPS) is 18.0. The molecule has 0 aliphatic heterocycles. The Hall–Kier alpha value is -4.56. The third-order valence-electron chi connectivity index (χ3n) is 11.9. The molecule has 2 N–H and O–H groups in total. The molecule has 2 saturated carbocycles. The summed E-state index contributed by atoms with van der Waals surface area (Å²) in [7, 11) is 0. The standard InChI is InChI=1S/C45H42O2/c46-33-21-25-37-31(27-33)19-23-35(29-11-3-1-4-12-29)43(37)45(41-17-9-7-15-39(41)40-16-8-10-18-42(40)45)44-36(30-13-5-2-6-14-30)24-20-32-28-34(47)22-26-38(32)44/h7-10,15-30,46-47H,1-6,11-14H2. The van der Waals surface area contributed by atoms with E-state index in [0.29, 0.717) is 23.3 Å². The molecule has 234 valence electrons. The van der Waals surface area contributed by atoms with Gasteiger partial charge in [-0.1, -0.05) is 123 Å². The van der Waals surface area contributed by atoms with Gasteiger partial charge < -0.3 is 10.2 Å². The molecule has 0 heterocycles. The lowest BCUT2D eigenvalue weighted by molar-refractivity contribution is 0.436. The Kier molecular flexibility index (Phi) is 6.89. The van der Waals surface area contributed by atoms with E-state index in [1.165, 1.54) is 119 Å². The second-order valence-corrected chi connectivity index (χ2v) is 14.4. The third kappa shape index (κ3) is 4.37. The summed E-state index contributed by atoms with van der Waals surface area (Å²) in [5.41, 5.74) is 10.4. The lowest BCUT2D eigenvalue weighted by atomic mass is 9.60. The van der Waals surface area contributed by atoms with Crippen LogP contribution in [0.25, 0.3) is 32.7 Å². The average molecular weight is 615 g/mol. The molecule has 0 unspecified atom stereocenters. The van der Waals surface area contributed by atoms with Crippen molar-refractivity contribution >= 4 is 21.5 Å². The van der Waals surface area contributed by atoms with Gasteiger partial charge in [0.15, 0.2) is 0 Å². The van der Waals surface area contributed by atoms with Crippen LogP contribution in [0.15, 0.2) is 109 Å². The van der Waals surface area contributed by atoms with Crippen molar-refractivity contribution in [2.45, 2.75) is 81.5 Å². The second-order valence-electron chi connectivity index (χ2n) is 14.4. The van der Waals surface area contributed by atoms with Crippen LogP contribution in [-0.4, -0.2) is 10.2 Å². The highest BCUT2D eigenvalue weighted by Gasteiger charge is 2.50. The number of benzene rings is 6. The highest BCUT2D eigenvalue weighted by molar-refractivity contribution is 6.00. The fraction of sp³-hybridized carbons (Fsp3) is 0.289. The van der Waals surface area contributed by atoms with Crippen molar-refractivity contribution in [3.63, 3.8) is 0 Å². The van der Waals surface area contributed by atoms with E-state index in [1.807, 2.05) is 24.3 Å². The number of rotatable bonds is 4. The minimum absolute atomic E-state index is 0.304. The number of hydrogen-bond acceptors (Lipinski definition) is 2. The van der Waals surface area contributed by atoms with Crippen molar-refractivity contribution in [1.82, 2.24) is 0 Å². The number of phenols is 2. The molecule has 0 bridgehead atoms. The monoisotopic (exact) mass is 614 g/mol. The summed E-state index contributed by atoms with van der Waals surface area (Å²) in [6.45, 7) is 0. The Morgan fingerprint density at radius 2 is 0.872 bits per heavy atom. The minimum atomic E-state index is -0.584. The molecule has 6 aromatic rings. The molecule has 0 saturated heterocycles. The molecular formula is C45H42O2. The largest absolute Gasteiger partial charge is 0.508 e. The summed E-state index contributed by atoms with van der Waals surface area (Å²) < 4.78 is 0. The molecule has 2 fully saturated rings. The van der Waals surface area contributed by atoms with Crippen LogP contribution >= 0.6 is 0 Å². The summed E-state index contributed by atoms with van der Waals surface area (Å²) in [5.74, 6) is 1.56. The zero-order chi connectivity index (χ0) is 31.5. The summed E-state index contributed by atoms with van der Waals surface area (Å²) in [4.78, 5) is 0. The van der Waals surface area contributed by atoms with Crippen LogP contribution in [0.1, 0.15) is 109 Å². The van der Waals surface area contributed by atoms with E-state index in [2.05, 4.69) is 84.9 Å². The van der Waals surface area contributed by atoms with E-state index >= 15 is 0 Å². The number of phenolic OH excluding ortho intramolecular Hbond substituents is 2. The van der Waals surface area contributed by atoms with Gasteiger partial charge in [-0.2, -0.15) is 0 Å². The van der Waals surface area contributed by atoms with Crippen LogP contribution in [0.2, 0.25) is 0 Å². The highest BCUT2D eigenvalue weighted by atomic mass is 16.3. The molecule has 2 heteroatoms. The van der Waals surface area contributed by atoms with Gasteiger partial charge in [-0.25, -0.2) is 0 Å². The first kappa shape index (κ1) is 28.6. The van der Waals surface area contributed by atoms with Gasteiger partial charge in [-0.15, -0.1) is 0 Å². The minimum Gasteiger partial charge on any atom is -0.508 e. The molecule has 2 nitrogen and oxygen atoms in total. The van der Waals surface area contributed by atoms with E-state index < -0.39 is 5.41 Å². The molecule has 9 rings (SSSR count). The fourth-order valence-corrected chi connectivity index (χ4v) is 9.91. The Balaban J connectivity index is 1.53. The molecule has 6 aromatic carbocycles. The van der Waals surface area contributed by atoms with E-state index in [-0.39, 0.29) is 0 Å². The Bertz CT molecular complexity index is 1990. The highest BCUT2D eigenvalue weighted by Crippen LogP contribution is 2.62. The van der Waals surface area contributed by atoms with Gasteiger partial charge in [0.25, 0.3) is 0 Å². The first-order valence-corrected chi connectivity index (χ1v) is 17.9. The summed E-state index contributed by atoms with van der Waals surface area (Å²) in [5, 5.41) is 26.1. The quantitative estimate of drug-likeness (QED) is 0.207. The smallest absolute Gasteiger partial charge is 0.116 e. The molecule has 47 heavy (non-hydrogen) atoms. The van der Waals surface area contributed by atoms with Crippen molar-refractivity contribution in [3.8, 4) is 22.6 Å². The van der Waals surface area contributed by atoms with Crippen LogP contribution in [0, 0.1) is 0 Å². The maximum atomic E-state index is 10.8. The van der Waals surface area contributed by atoms with Crippen molar-refractivity contribution in [2.24, 2.45) is 0 Å². The molecule has 0 amide bonds. The van der Waals surface area contributed by atoms with Crippen LogP contribution in [-0.2, 0) is 5.41 Å². The predicted octanol–water partition coefficient (Wildman–Crippen LogP) is 11.9. The van der Waals surface area contributed by atoms with Gasteiger partial charge in [-0.3, -0.25) is 0 Å². The SMILES string of the molecule is Oc1ccc2c(C3(c4c(C5CCCCC5)ccc5cc(O)ccc45)c4ccccc4-c4ccccc43)c(C3CCCCC3)ccc2c1. The number of aromatic hydroxyl groups is 2. The summed E-state index contributed by atoms with van der Waals surface area (Å²) in [6.07, 6.45) is 12.5. The average Bonchev–Trinajstić information content (AvgIpc) is 3.42. The Labute approximate surface area is 277 Å².